The van der Waals surface area contributed by atoms with E-state index in [-0.39, 0.29) is 0 Å². The zero-order chi connectivity index (χ0) is 6.72. The highest BCUT2D eigenvalue weighted by molar-refractivity contribution is 5.88. The van der Waals surface area contributed by atoms with Gasteiger partial charge in [0, 0.05) is 11.8 Å². The van der Waals surface area contributed by atoms with Crippen LogP contribution >= 0.6 is 0 Å². The van der Waals surface area contributed by atoms with E-state index in [0.29, 0.717) is 17.6 Å². The lowest BCUT2D eigenvalue weighted by Gasteiger charge is -2.38. The Bertz CT molecular complexity index is 177. The van der Waals surface area contributed by atoms with Crippen molar-refractivity contribution in [3.8, 4) is 0 Å². The zero-order valence-corrected chi connectivity index (χ0v) is 6.05. The fourth-order valence-electron chi connectivity index (χ4n) is 3.32. The van der Waals surface area contributed by atoms with Crippen molar-refractivity contribution in [2.45, 2.75) is 25.7 Å². The molecule has 3 fully saturated rings. The molecule has 1 nitrogen and oxygen atoms in total. The summed E-state index contributed by atoms with van der Waals surface area (Å²) in [5.74, 6) is 3.40. The molecule has 0 aromatic rings. The minimum absolute atomic E-state index is 0.531. The number of carbonyl (C=O) groups excluding carboxylic acids is 1. The van der Waals surface area contributed by atoms with E-state index in [2.05, 4.69) is 0 Å². The Kier molecular flexibility index (Phi) is 0.781. The maximum atomic E-state index is 11.4. The monoisotopic (exact) mass is 136 g/mol. The van der Waals surface area contributed by atoms with E-state index in [4.69, 9.17) is 0 Å². The predicted molar refractivity (Wildman–Crippen MR) is 37.4 cm³/mol. The molecule has 0 aromatic carbocycles. The van der Waals surface area contributed by atoms with Gasteiger partial charge in [-0.05, 0) is 37.5 Å². The first-order valence-electron chi connectivity index (χ1n) is 4.41. The average molecular weight is 136 g/mol. The number of ketones is 1. The topological polar surface area (TPSA) is 17.1 Å². The molecular formula is C9H12O. The first kappa shape index (κ1) is 5.34. The SMILES string of the molecule is O=C1[C@H]2CC[C@@H]1C1CCC12. The van der Waals surface area contributed by atoms with Crippen LogP contribution in [0.5, 0.6) is 0 Å². The molecule has 0 N–H and O–H groups in total. The molecule has 0 radical (unpaired) electrons. The van der Waals surface area contributed by atoms with Crippen LogP contribution in [-0.4, -0.2) is 5.78 Å². The molecule has 0 saturated heterocycles. The minimum atomic E-state index is 0.531. The number of carbonyl (C=O) groups is 1. The van der Waals surface area contributed by atoms with Gasteiger partial charge in [-0.3, -0.25) is 4.79 Å². The fraction of sp³-hybridized carbons (Fsp3) is 0.889. The highest BCUT2D eigenvalue weighted by Crippen LogP contribution is 2.58. The largest absolute Gasteiger partial charge is 0.299 e. The van der Waals surface area contributed by atoms with Crippen LogP contribution in [0.3, 0.4) is 0 Å². The average Bonchev–Trinajstić information content (AvgIpc) is 2.21. The third-order valence-electron chi connectivity index (χ3n) is 3.94. The first-order chi connectivity index (χ1) is 4.88. The Balaban J connectivity index is 2.02. The molecule has 0 amide bonds. The number of Topliss-reactive ketones (excluding diaryl/α,β-unsaturated/α-hetero) is 1. The van der Waals surface area contributed by atoms with E-state index in [1.54, 1.807) is 0 Å². The van der Waals surface area contributed by atoms with Crippen molar-refractivity contribution in [3.05, 3.63) is 0 Å². The van der Waals surface area contributed by atoms with Crippen molar-refractivity contribution in [2.24, 2.45) is 23.7 Å². The summed E-state index contributed by atoms with van der Waals surface area (Å²) < 4.78 is 0. The molecule has 0 spiro atoms. The van der Waals surface area contributed by atoms with Gasteiger partial charge >= 0.3 is 0 Å². The molecule has 0 aliphatic heterocycles. The number of hydrogen-bond acceptors (Lipinski definition) is 1. The van der Waals surface area contributed by atoms with Crippen LogP contribution in [0.25, 0.3) is 0 Å². The van der Waals surface area contributed by atoms with Crippen molar-refractivity contribution >= 4 is 5.78 Å². The van der Waals surface area contributed by atoms with Gasteiger partial charge in [0.1, 0.15) is 5.78 Å². The summed E-state index contributed by atoms with van der Waals surface area (Å²) in [5.41, 5.74) is 0. The van der Waals surface area contributed by atoms with Crippen LogP contribution in [0.4, 0.5) is 0 Å². The van der Waals surface area contributed by atoms with E-state index in [1.807, 2.05) is 0 Å². The second kappa shape index (κ2) is 1.46. The summed E-state index contributed by atoms with van der Waals surface area (Å²) in [6, 6.07) is 0. The molecule has 1 heteroatoms. The maximum Gasteiger partial charge on any atom is 0.139 e. The second-order valence-electron chi connectivity index (χ2n) is 4.10. The Labute approximate surface area is 60.8 Å². The number of rotatable bonds is 0. The molecular weight excluding hydrogens is 124 g/mol. The molecule has 4 atom stereocenters. The quantitative estimate of drug-likeness (QED) is 0.494. The molecule has 3 aliphatic carbocycles. The van der Waals surface area contributed by atoms with Crippen LogP contribution < -0.4 is 0 Å². The highest BCUT2D eigenvalue weighted by Gasteiger charge is 2.57. The van der Waals surface area contributed by atoms with Crippen molar-refractivity contribution in [2.75, 3.05) is 0 Å². The van der Waals surface area contributed by atoms with E-state index in [0.717, 1.165) is 11.8 Å². The lowest BCUT2D eigenvalue weighted by atomic mass is 9.66. The van der Waals surface area contributed by atoms with Gasteiger partial charge in [-0.15, -0.1) is 0 Å². The third-order valence-corrected chi connectivity index (χ3v) is 3.94. The molecule has 0 heterocycles. The van der Waals surface area contributed by atoms with Crippen LogP contribution in [0.2, 0.25) is 0 Å². The molecule has 3 saturated carbocycles. The van der Waals surface area contributed by atoms with E-state index < -0.39 is 0 Å². The second-order valence-corrected chi connectivity index (χ2v) is 4.10. The van der Waals surface area contributed by atoms with Gasteiger partial charge in [0.25, 0.3) is 0 Å². The molecule has 3 rings (SSSR count). The minimum Gasteiger partial charge on any atom is -0.299 e. The van der Waals surface area contributed by atoms with Crippen molar-refractivity contribution < 1.29 is 4.79 Å². The number of hydrogen-bond donors (Lipinski definition) is 0. The molecule has 10 heavy (non-hydrogen) atoms. The smallest absolute Gasteiger partial charge is 0.139 e. The molecule has 0 aromatic heterocycles. The van der Waals surface area contributed by atoms with E-state index in [9.17, 15) is 4.79 Å². The van der Waals surface area contributed by atoms with Crippen LogP contribution in [0, 0.1) is 23.7 Å². The van der Waals surface area contributed by atoms with E-state index >= 15 is 0 Å². The Morgan fingerprint density at radius 1 is 0.900 bits per heavy atom. The fourth-order valence-corrected chi connectivity index (χ4v) is 3.32. The molecule has 3 aliphatic rings. The van der Waals surface area contributed by atoms with Gasteiger partial charge in [0.05, 0.1) is 0 Å². The summed E-state index contributed by atoms with van der Waals surface area (Å²) in [7, 11) is 0. The van der Waals surface area contributed by atoms with Crippen molar-refractivity contribution in [1.82, 2.24) is 0 Å². The maximum absolute atomic E-state index is 11.4. The van der Waals surface area contributed by atoms with Gasteiger partial charge in [-0.1, -0.05) is 0 Å². The highest BCUT2D eigenvalue weighted by atomic mass is 16.1. The Morgan fingerprint density at radius 3 is 1.70 bits per heavy atom. The number of fused-ring (bicyclic) bond motifs is 5. The summed E-state index contributed by atoms with van der Waals surface area (Å²) >= 11 is 0. The van der Waals surface area contributed by atoms with Crippen LogP contribution in [0.15, 0.2) is 0 Å². The van der Waals surface area contributed by atoms with Crippen molar-refractivity contribution in [1.29, 1.82) is 0 Å². The zero-order valence-electron chi connectivity index (χ0n) is 6.05. The summed E-state index contributed by atoms with van der Waals surface area (Å²) in [5, 5.41) is 0. The van der Waals surface area contributed by atoms with Gasteiger partial charge in [0.2, 0.25) is 0 Å². The summed E-state index contributed by atoms with van der Waals surface area (Å²) in [4.78, 5) is 11.4. The molecule has 2 bridgehead atoms. The Morgan fingerprint density at radius 2 is 1.40 bits per heavy atom. The summed E-state index contributed by atoms with van der Waals surface area (Å²) in [6.45, 7) is 0. The normalized spacial score (nSPS) is 56.6. The van der Waals surface area contributed by atoms with Gasteiger partial charge in [-0.2, -0.15) is 0 Å². The standard InChI is InChI=1S/C9H12O/c10-9-7-3-4-8(9)6-2-1-5(6)7/h5-8H,1-4H2/t5?,6?,7-,8+. The first-order valence-corrected chi connectivity index (χ1v) is 4.41. The van der Waals surface area contributed by atoms with Crippen LogP contribution in [0.1, 0.15) is 25.7 Å². The molecule has 54 valence electrons. The summed E-state index contributed by atoms with van der Waals surface area (Å²) in [6.07, 6.45) is 5.17. The Hall–Kier alpha value is -0.330. The van der Waals surface area contributed by atoms with Gasteiger partial charge in [-0.25, -0.2) is 0 Å². The van der Waals surface area contributed by atoms with Crippen molar-refractivity contribution in [3.63, 3.8) is 0 Å². The molecule has 2 unspecified atom stereocenters. The third kappa shape index (κ3) is 0.388. The van der Waals surface area contributed by atoms with E-state index in [1.165, 1.54) is 25.7 Å². The predicted octanol–water partition coefficient (Wildman–Crippen LogP) is 1.62. The van der Waals surface area contributed by atoms with Crippen LogP contribution in [-0.2, 0) is 4.79 Å². The van der Waals surface area contributed by atoms with Gasteiger partial charge in [0.15, 0.2) is 0 Å². The lowest BCUT2D eigenvalue weighted by molar-refractivity contribution is -0.121. The lowest BCUT2D eigenvalue weighted by Crippen LogP contribution is -2.31. The van der Waals surface area contributed by atoms with Gasteiger partial charge < -0.3 is 0 Å².